The number of ether oxygens (including phenoxy) is 1. The molecule has 0 bridgehead atoms. The lowest BCUT2D eigenvalue weighted by Gasteiger charge is -2.14. The van der Waals surface area contributed by atoms with Gasteiger partial charge in [-0.25, -0.2) is 0 Å². The van der Waals surface area contributed by atoms with Crippen molar-refractivity contribution in [1.29, 1.82) is 0 Å². The minimum absolute atomic E-state index is 0.188. The van der Waals surface area contributed by atoms with E-state index in [1.54, 1.807) is 11.8 Å². The fourth-order valence-corrected chi connectivity index (χ4v) is 3.07. The summed E-state index contributed by atoms with van der Waals surface area (Å²) in [6.45, 7) is 2.75. The number of nitrogens with one attached hydrogen (secondary N) is 1. The van der Waals surface area contributed by atoms with Crippen molar-refractivity contribution in [3.05, 3.63) is 28.7 Å². The van der Waals surface area contributed by atoms with Gasteiger partial charge >= 0.3 is 5.97 Å². The fourth-order valence-electron chi connectivity index (χ4n) is 1.54. The number of carbonyl (C=O) groups is 1. The van der Waals surface area contributed by atoms with Crippen LogP contribution in [0.4, 0.5) is 0 Å². The monoisotopic (exact) mass is 331 g/mol. The van der Waals surface area contributed by atoms with Crippen LogP contribution in [0.3, 0.4) is 0 Å². The van der Waals surface area contributed by atoms with E-state index in [0.29, 0.717) is 0 Å². The molecule has 18 heavy (non-hydrogen) atoms. The van der Waals surface area contributed by atoms with Crippen LogP contribution >= 0.6 is 27.7 Å². The second-order valence-corrected chi connectivity index (χ2v) is 5.81. The highest BCUT2D eigenvalue weighted by Crippen LogP contribution is 2.22. The highest BCUT2D eigenvalue weighted by molar-refractivity contribution is 9.10. The molecule has 1 aromatic rings. The first kappa shape index (κ1) is 15.5. The largest absolute Gasteiger partial charge is 0.468 e. The molecule has 0 aliphatic heterocycles. The number of rotatable bonds is 7. The minimum Gasteiger partial charge on any atom is -0.468 e. The Morgan fingerprint density at radius 1 is 1.56 bits per heavy atom. The molecular formula is C13H18BrNO2S. The molecule has 1 N–H and O–H groups in total. The van der Waals surface area contributed by atoms with Gasteiger partial charge in [-0.2, -0.15) is 0 Å². The number of methoxy groups -OCH3 is 1. The topological polar surface area (TPSA) is 38.3 Å². The molecule has 1 unspecified atom stereocenters. The standard InChI is InChI=1S/C13H18BrNO2S/c1-3-15-12(13(16)17-2)7-8-18-11-6-4-5-10(14)9-11/h4-6,9,12,15H,3,7-8H2,1-2H3. The first-order chi connectivity index (χ1) is 8.67. The molecule has 0 spiro atoms. The van der Waals surface area contributed by atoms with Crippen LogP contribution in [0, 0.1) is 0 Å². The van der Waals surface area contributed by atoms with E-state index in [2.05, 4.69) is 33.4 Å². The molecule has 1 atom stereocenters. The third-order valence-electron chi connectivity index (χ3n) is 2.41. The average Bonchev–Trinajstić information content (AvgIpc) is 2.37. The maximum absolute atomic E-state index is 11.5. The maximum atomic E-state index is 11.5. The van der Waals surface area contributed by atoms with E-state index >= 15 is 0 Å². The Hall–Kier alpha value is -0.520. The lowest BCUT2D eigenvalue weighted by atomic mass is 10.2. The summed E-state index contributed by atoms with van der Waals surface area (Å²) >= 11 is 5.18. The maximum Gasteiger partial charge on any atom is 0.322 e. The van der Waals surface area contributed by atoms with E-state index in [4.69, 9.17) is 4.74 Å². The number of thioether (sulfide) groups is 1. The predicted molar refractivity (Wildman–Crippen MR) is 79.0 cm³/mol. The molecule has 0 fully saturated rings. The van der Waals surface area contributed by atoms with Gasteiger partial charge in [-0.05, 0) is 31.2 Å². The Balaban J connectivity index is 2.41. The first-order valence-corrected chi connectivity index (χ1v) is 7.64. The van der Waals surface area contributed by atoms with E-state index < -0.39 is 0 Å². The number of carbonyl (C=O) groups excluding carboxylic acids is 1. The van der Waals surface area contributed by atoms with E-state index in [9.17, 15) is 4.79 Å². The van der Waals surface area contributed by atoms with Gasteiger partial charge in [-0.3, -0.25) is 4.79 Å². The van der Waals surface area contributed by atoms with Crippen molar-refractivity contribution >= 4 is 33.7 Å². The molecule has 0 aliphatic carbocycles. The van der Waals surface area contributed by atoms with Gasteiger partial charge in [-0.15, -0.1) is 11.8 Å². The SMILES string of the molecule is CCNC(CCSc1cccc(Br)c1)C(=O)OC. The van der Waals surface area contributed by atoms with Crippen LogP contribution in [-0.2, 0) is 9.53 Å². The lowest BCUT2D eigenvalue weighted by molar-refractivity contribution is -0.143. The van der Waals surface area contributed by atoms with Gasteiger partial charge in [0.1, 0.15) is 6.04 Å². The molecule has 0 aliphatic rings. The Morgan fingerprint density at radius 3 is 2.94 bits per heavy atom. The Morgan fingerprint density at radius 2 is 2.33 bits per heavy atom. The summed E-state index contributed by atoms with van der Waals surface area (Å²) in [6.07, 6.45) is 0.762. The van der Waals surface area contributed by atoms with Gasteiger partial charge < -0.3 is 10.1 Å². The summed E-state index contributed by atoms with van der Waals surface area (Å²) < 4.78 is 5.84. The van der Waals surface area contributed by atoms with E-state index in [1.807, 2.05) is 19.1 Å². The lowest BCUT2D eigenvalue weighted by Crippen LogP contribution is -2.37. The van der Waals surface area contributed by atoms with Gasteiger partial charge in [0, 0.05) is 15.1 Å². The number of benzene rings is 1. The quantitative estimate of drug-likeness (QED) is 0.615. The summed E-state index contributed by atoms with van der Waals surface area (Å²) in [5.74, 6) is 0.690. The predicted octanol–water partition coefficient (Wildman–Crippen LogP) is 3.08. The van der Waals surface area contributed by atoms with Crippen molar-refractivity contribution in [2.45, 2.75) is 24.3 Å². The van der Waals surface area contributed by atoms with Crippen molar-refractivity contribution in [1.82, 2.24) is 5.32 Å². The van der Waals surface area contributed by atoms with Crippen molar-refractivity contribution in [2.75, 3.05) is 19.4 Å². The molecule has 1 rings (SSSR count). The normalized spacial score (nSPS) is 12.2. The molecule has 0 saturated carbocycles. The zero-order valence-electron chi connectivity index (χ0n) is 10.6. The molecular weight excluding hydrogens is 314 g/mol. The molecule has 3 nitrogen and oxygen atoms in total. The van der Waals surface area contributed by atoms with Gasteiger partial charge in [-0.1, -0.05) is 28.9 Å². The molecule has 5 heteroatoms. The van der Waals surface area contributed by atoms with Crippen LogP contribution in [0.5, 0.6) is 0 Å². The number of hydrogen-bond acceptors (Lipinski definition) is 4. The fraction of sp³-hybridized carbons (Fsp3) is 0.462. The smallest absolute Gasteiger partial charge is 0.322 e. The van der Waals surface area contributed by atoms with Crippen LogP contribution in [0.2, 0.25) is 0 Å². The molecule has 0 amide bonds. The summed E-state index contributed by atoms with van der Waals surface area (Å²) in [4.78, 5) is 12.7. The third-order valence-corrected chi connectivity index (χ3v) is 3.93. The highest BCUT2D eigenvalue weighted by atomic mass is 79.9. The number of hydrogen-bond donors (Lipinski definition) is 1. The summed E-state index contributed by atoms with van der Waals surface area (Å²) in [6, 6.07) is 7.94. The number of likely N-dealkylation sites (N-methyl/N-ethyl adjacent to an activating group) is 1. The van der Waals surface area contributed by atoms with Gasteiger partial charge in [0.2, 0.25) is 0 Å². The van der Waals surface area contributed by atoms with Crippen LogP contribution in [0.1, 0.15) is 13.3 Å². The van der Waals surface area contributed by atoms with Crippen LogP contribution in [-0.4, -0.2) is 31.4 Å². The Labute approximate surface area is 121 Å². The highest BCUT2D eigenvalue weighted by Gasteiger charge is 2.17. The van der Waals surface area contributed by atoms with Crippen molar-refractivity contribution in [2.24, 2.45) is 0 Å². The minimum atomic E-state index is -0.209. The van der Waals surface area contributed by atoms with E-state index in [-0.39, 0.29) is 12.0 Å². The van der Waals surface area contributed by atoms with Crippen molar-refractivity contribution < 1.29 is 9.53 Å². The first-order valence-electron chi connectivity index (χ1n) is 5.87. The second-order valence-electron chi connectivity index (χ2n) is 3.73. The average molecular weight is 332 g/mol. The molecule has 0 saturated heterocycles. The Kier molecular flexibility index (Phi) is 7.39. The molecule has 0 radical (unpaired) electrons. The zero-order chi connectivity index (χ0) is 13.4. The summed E-state index contributed by atoms with van der Waals surface area (Å²) in [5, 5.41) is 3.13. The second kappa shape index (κ2) is 8.56. The van der Waals surface area contributed by atoms with Crippen LogP contribution < -0.4 is 5.32 Å². The number of halogens is 1. The molecule has 0 aromatic heterocycles. The van der Waals surface area contributed by atoms with Gasteiger partial charge in [0.05, 0.1) is 7.11 Å². The zero-order valence-corrected chi connectivity index (χ0v) is 13.0. The van der Waals surface area contributed by atoms with E-state index in [0.717, 1.165) is 23.2 Å². The van der Waals surface area contributed by atoms with Gasteiger partial charge in [0.15, 0.2) is 0 Å². The van der Waals surface area contributed by atoms with Gasteiger partial charge in [0.25, 0.3) is 0 Å². The van der Waals surface area contributed by atoms with Crippen LogP contribution in [0.25, 0.3) is 0 Å². The van der Waals surface area contributed by atoms with Crippen molar-refractivity contribution in [3.8, 4) is 0 Å². The Bertz CT molecular complexity index is 387. The summed E-state index contributed by atoms with van der Waals surface area (Å²) in [5.41, 5.74) is 0. The molecule has 0 heterocycles. The van der Waals surface area contributed by atoms with E-state index in [1.165, 1.54) is 12.0 Å². The molecule has 1 aromatic carbocycles. The third kappa shape index (κ3) is 5.42. The van der Waals surface area contributed by atoms with Crippen LogP contribution in [0.15, 0.2) is 33.6 Å². The molecule has 100 valence electrons. The van der Waals surface area contributed by atoms with Crippen molar-refractivity contribution in [3.63, 3.8) is 0 Å². The number of esters is 1. The summed E-state index contributed by atoms with van der Waals surface area (Å²) in [7, 11) is 1.42.